The Balaban J connectivity index is 1.80. The van der Waals surface area contributed by atoms with Crippen molar-refractivity contribution in [2.45, 2.75) is 72.6 Å². The Hall–Kier alpha value is -3.92. The first-order chi connectivity index (χ1) is 18.5. The summed E-state index contributed by atoms with van der Waals surface area (Å²) >= 11 is 0. The van der Waals surface area contributed by atoms with E-state index in [1.165, 1.54) is 22.4 Å². The summed E-state index contributed by atoms with van der Waals surface area (Å²) in [6.45, 7) is 18.0. The van der Waals surface area contributed by atoms with E-state index in [1.807, 2.05) is 18.3 Å². The van der Waals surface area contributed by atoms with Gasteiger partial charge in [0.2, 0.25) is 0 Å². The SMILES string of the molecule is Cc1cc(C(C)C)c(-n2c(-c3cccc4c3oc3ccccc34)nc3cnc(C(C)(C)C)cc32)c(C(C)C)c1. The van der Waals surface area contributed by atoms with E-state index in [0.29, 0.717) is 11.8 Å². The van der Waals surface area contributed by atoms with Gasteiger partial charge in [-0.15, -0.1) is 0 Å². The Morgan fingerprint density at radius 1 is 0.821 bits per heavy atom. The van der Waals surface area contributed by atoms with Crippen LogP contribution in [0.4, 0.5) is 0 Å². The van der Waals surface area contributed by atoms with E-state index in [-0.39, 0.29) is 5.41 Å². The van der Waals surface area contributed by atoms with Gasteiger partial charge in [0.25, 0.3) is 0 Å². The maximum atomic E-state index is 6.51. The number of rotatable bonds is 4. The highest BCUT2D eigenvalue weighted by molar-refractivity contribution is 6.09. The van der Waals surface area contributed by atoms with Crippen LogP contribution in [0.25, 0.3) is 50.0 Å². The fraction of sp³-hybridized carbons (Fsp3) is 0.314. The number of para-hydroxylation sites is 2. The van der Waals surface area contributed by atoms with Crippen molar-refractivity contribution in [2.24, 2.45) is 0 Å². The number of nitrogens with zero attached hydrogens (tertiary/aromatic N) is 3. The number of aryl methyl sites for hydroxylation is 1. The number of furan rings is 1. The third kappa shape index (κ3) is 4.14. The molecule has 0 aliphatic rings. The minimum Gasteiger partial charge on any atom is -0.455 e. The molecule has 0 radical (unpaired) electrons. The minimum atomic E-state index is -0.0861. The van der Waals surface area contributed by atoms with E-state index in [9.17, 15) is 0 Å². The third-order valence-electron chi connectivity index (χ3n) is 7.74. The van der Waals surface area contributed by atoms with Crippen LogP contribution in [0.15, 0.2) is 71.3 Å². The maximum Gasteiger partial charge on any atom is 0.149 e. The molecule has 0 N–H and O–H groups in total. The lowest BCUT2D eigenvalue weighted by Gasteiger charge is -2.24. The molecule has 0 unspecified atom stereocenters. The van der Waals surface area contributed by atoms with Crippen LogP contribution in [0.3, 0.4) is 0 Å². The van der Waals surface area contributed by atoms with Crippen molar-refractivity contribution in [3.63, 3.8) is 0 Å². The molecule has 0 saturated heterocycles. The van der Waals surface area contributed by atoms with Crippen LogP contribution in [-0.4, -0.2) is 14.5 Å². The number of hydrogen-bond acceptors (Lipinski definition) is 3. The highest BCUT2D eigenvalue weighted by Gasteiger charge is 2.26. The molecule has 3 aromatic carbocycles. The molecule has 0 aliphatic heterocycles. The number of imidazole rings is 1. The fourth-order valence-corrected chi connectivity index (χ4v) is 5.70. The predicted octanol–water partition coefficient (Wildman–Crippen LogP) is 9.84. The van der Waals surface area contributed by atoms with E-state index < -0.39 is 0 Å². The molecule has 3 aromatic heterocycles. The zero-order chi connectivity index (χ0) is 27.6. The van der Waals surface area contributed by atoms with Gasteiger partial charge in [0.15, 0.2) is 0 Å². The molecule has 39 heavy (non-hydrogen) atoms. The van der Waals surface area contributed by atoms with Crippen molar-refractivity contribution in [1.29, 1.82) is 0 Å². The van der Waals surface area contributed by atoms with E-state index >= 15 is 0 Å². The van der Waals surface area contributed by atoms with Gasteiger partial charge in [-0.25, -0.2) is 4.98 Å². The lowest BCUT2D eigenvalue weighted by atomic mass is 9.89. The van der Waals surface area contributed by atoms with E-state index in [2.05, 4.69) is 108 Å². The Kier molecular flexibility index (Phi) is 5.91. The van der Waals surface area contributed by atoms with Gasteiger partial charge in [0.05, 0.1) is 23.0 Å². The average molecular weight is 516 g/mol. The molecule has 0 atom stereocenters. The molecule has 6 rings (SSSR count). The van der Waals surface area contributed by atoms with Gasteiger partial charge in [0, 0.05) is 21.9 Å². The van der Waals surface area contributed by atoms with E-state index in [1.54, 1.807) is 0 Å². The Morgan fingerprint density at radius 3 is 2.15 bits per heavy atom. The van der Waals surface area contributed by atoms with Crippen molar-refractivity contribution < 1.29 is 4.42 Å². The normalized spacial score (nSPS) is 12.6. The molecule has 0 bridgehead atoms. The van der Waals surface area contributed by atoms with Gasteiger partial charge in [0.1, 0.15) is 22.5 Å². The van der Waals surface area contributed by atoms with Crippen LogP contribution < -0.4 is 0 Å². The highest BCUT2D eigenvalue weighted by Crippen LogP contribution is 2.41. The molecule has 0 saturated carbocycles. The summed E-state index contributed by atoms with van der Waals surface area (Å²) < 4.78 is 8.90. The second-order valence-corrected chi connectivity index (χ2v) is 12.5. The monoisotopic (exact) mass is 515 g/mol. The average Bonchev–Trinajstić information content (AvgIpc) is 3.45. The molecule has 0 aliphatic carbocycles. The molecule has 4 heteroatoms. The van der Waals surface area contributed by atoms with Gasteiger partial charge in [-0.2, -0.15) is 0 Å². The summed E-state index contributed by atoms with van der Waals surface area (Å²) in [5, 5.41) is 2.22. The van der Waals surface area contributed by atoms with Crippen LogP contribution in [0.5, 0.6) is 0 Å². The van der Waals surface area contributed by atoms with Crippen molar-refractivity contribution in [3.05, 3.63) is 89.2 Å². The number of pyridine rings is 1. The summed E-state index contributed by atoms with van der Waals surface area (Å²) in [4.78, 5) is 10.1. The third-order valence-corrected chi connectivity index (χ3v) is 7.74. The summed E-state index contributed by atoms with van der Waals surface area (Å²) in [7, 11) is 0. The number of fused-ring (bicyclic) bond motifs is 4. The largest absolute Gasteiger partial charge is 0.455 e. The van der Waals surface area contributed by atoms with Crippen molar-refractivity contribution in [1.82, 2.24) is 14.5 Å². The molecule has 0 spiro atoms. The Labute approximate surface area is 230 Å². The second kappa shape index (κ2) is 9.08. The first-order valence-electron chi connectivity index (χ1n) is 14.0. The first-order valence-corrected chi connectivity index (χ1v) is 14.0. The Bertz CT molecular complexity index is 1830. The standard InChI is InChI=1S/C35H37N3O/c1-20(2)26-16-22(5)17-27(21(3)4)32(26)38-29-18-31(35(6,7)8)36-19-28(29)37-34(38)25-14-11-13-24-23-12-9-10-15-30(23)39-33(24)25/h9-21H,1-8H3. The smallest absolute Gasteiger partial charge is 0.149 e. The number of hydrogen-bond donors (Lipinski definition) is 0. The summed E-state index contributed by atoms with van der Waals surface area (Å²) in [5.74, 6) is 1.57. The molecule has 4 nitrogen and oxygen atoms in total. The molecule has 6 aromatic rings. The lowest BCUT2D eigenvalue weighted by molar-refractivity contribution is 0.570. The quantitative estimate of drug-likeness (QED) is 0.235. The highest BCUT2D eigenvalue weighted by atomic mass is 16.3. The van der Waals surface area contributed by atoms with Crippen LogP contribution in [0.1, 0.15) is 82.7 Å². The van der Waals surface area contributed by atoms with Gasteiger partial charge >= 0.3 is 0 Å². The summed E-state index contributed by atoms with van der Waals surface area (Å²) in [6, 6.07) is 21.6. The van der Waals surface area contributed by atoms with E-state index in [4.69, 9.17) is 14.4 Å². The second-order valence-electron chi connectivity index (χ2n) is 12.5. The Morgan fingerprint density at radius 2 is 1.49 bits per heavy atom. The van der Waals surface area contributed by atoms with Crippen LogP contribution in [0, 0.1) is 6.92 Å². The number of benzene rings is 3. The molecular formula is C35H37N3O. The molecule has 0 fully saturated rings. The molecule has 0 amide bonds. The molecule has 3 heterocycles. The van der Waals surface area contributed by atoms with Crippen LogP contribution in [-0.2, 0) is 5.41 Å². The van der Waals surface area contributed by atoms with Gasteiger partial charge < -0.3 is 4.42 Å². The topological polar surface area (TPSA) is 43.9 Å². The zero-order valence-corrected chi connectivity index (χ0v) is 24.3. The van der Waals surface area contributed by atoms with Gasteiger partial charge in [-0.05, 0) is 48.1 Å². The molecule has 198 valence electrons. The zero-order valence-electron chi connectivity index (χ0n) is 24.3. The first kappa shape index (κ1) is 25.4. The predicted molar refractivity (Wildman–Crippen MR) is 163 cm³/mol. The summed E-state index contributed by atoms with van der Waals surface area (Å²) in [5.41, 5.74) is 10.8. The lowest BCUT2D eigenvalue weighted by Crippen LogP contribution is -2.14. The van der Waals surface area contributed by atoms with Crippen molar-refractivity contribution >= 4 is 33.0 Å². The van der Waals surface area contributed by atoms with Gasteiger partial charge in [-0.1, -0.05) is 96.5 Å². The fourth-order valence-electron chi connectivity index (χ4n) is 5.70. The van der Waals surface area contributed by atoms with Crippen LogP contribution >= 0.6 is 0 Å². The van der Waals surface area contributed by atoms with Gasteiger partial charge in [-0.3, -0.25) is 9.55 Å². The van der Waals surface area contributed by atoms with E-state index in [0.717, 1.165) is 50.1 Å². The summed E-state index contributed by atoms with van der Waals surface area (Å²) in [6.07, 6.45) is 1.94. The van der Waals surface area contributed by atoms with Crippen molar-refractivity contribution in [2.75, 3.05) is 0 Å². The van der Waals surface area contributed by atoms with Crippen molar-refractivity contribution in [3.8, 4) is 17.1 Å². The minimum absolute atomic E-state index is 0.0861. The maximum absolute atomic E-state index is 6.51. The van der Waals surface area contributed by atoms with Crippen LogP contribution in [0.2, 0.25) is 0 Å². The number of aromatic nitrogens is 3. The molecular weight excluding hydrogens is 478 g/mol.